The Kier molecular flexibility index (Phi) is 8.54. The molecule has 0 saturated heterocycles. The molecule has 0 amide bonds. The van der Waals surface area contributed by atoms with Gasteiger partial charge in [0.1, 0.15) is 12.7 Å². The second-order valence-electron chi connectivity index (χ2n) is 17.7. The average Bonchev–Trinajstić information content (AvgIpc) is 2.96. The Labute approximate surface area is 270 Å². The summed E-state index contributed by atoms with van der Waals surface area (Å²) in [6.07, 6.45) is 2.16. The SMILES string of the molecule is CCC(C)C(=O)OC[C@@]12C(CC(C)(C)[C@@H](O)[C@@H]1OC(C)=O)C1=CCC3[C@@]4(C)CC[C@H](O)C(C)(C)C4CC[C@@]3(C)[C@]1(C)[C@@H](O)[C@H]2O. The Bertz CT molecular complexity index is 1220. The minimum Gasteiger partial charge on any atom is -0.465 e. The maximum atomic E-state index is 13.1. The van der Waals surface area contributed by atoms with E-state index in [0.29, 0.717) is 18.8 Å². The zero-order chi connectivity index (χ0) is 33.7. The standard InChI is InChI=1S/C37H60O8/c1-11-20(2)31(43)44-19-37-23(18-32(4,5)29(42)30(37)45-21(3)38)22-12-13-25-34(8)16-15-26(39)33(6,7)24(34)14-17-35(25,9)36(22,10)27(40)28(37)41/h12,20,23-30,39-42H,11,13-19H2,1-10H3/t20?,23?,24?,25?,26-,27-,28+,29-,30-,34-,35+,36-,37-/m0/s1. The van der Waals surface area contributed by atoms with Crippen LogP contribution in [0, 0.1) is 56.2 Å². The van der Waals surface area contributed by atoms with Crippen LogP contribution in [-0.2, 0) is 19.1 Å². The van der Waals surface area contributed by atoms with E-state index in [0.717, 1.165) is 37.7 Å². The number of esters is 2. The first-order valence-corrected chi connectivity index (χ1v) is 17.4. The molecule has 8 heteroatoms. The number of rotatable bonds is 5. The van der Waals surface area contributed by atoms with Gasteiger partial charge in [0.15, 0.2) is 0 Å². The number of aliphatic hydroxyl groups excluding tert-OH is 4. The highest BCUT2D eigenvalue weighted by molar-refractivity contribution is 5.72. The summed E-state index contributed by atoms with van der Waals surface area (Å²) >= 11 is 0. The number of ether oxygens (including phenoxy) is 2. The lowest BCUT2D eigenvalue weighted by molar-refractivity contribution is -0.292. The van der Waals surface area contributed by atoms with Crippen LogP contribution >= 0.6 is 0 Å². The second kappa shape index (κ2) is 11.0. The van der Waals surface area contributed by atoms with Gasteiger partial charge in [-0.25, -0.2) is 0 Å². The molecule has 0 spiro atoms. The van der Waals surface area contributed by atoms with Gasteiger partial charge in [-0.15, -0.1) is 0 Å². The Morgan fingerprint density at radius 2 is 1.58 bits per heavy atom. The van der Waals surface area contributed by atoms with Gasteiger partial charge in [-0.2, -0.15) is 0 Å². The lowest BCUT2D eigenvalue weighted by atomic mass is 9.32. The Balaban J connectivity index is 1.68. The van der Waals surface area contributed by atoms with E-state index in [1.807, 2.05) is 20.8 Å². The third-order valence-corrected chi connectivity index (χ3v) is 15.0. The molecule has 0 radical (unpaired) electrons. The maximum absolute atomic E-state index is 13.1. The summed E-state index contributed by atoms with van der Waals surface area (Å²) in [5.41, 5.74) is -2.59. The van der Waals surface area contributed by atoms with Crippen molar-refractivity contribution in [3.63, 3.8) is 0 Å². The molecular weight excluding hydrogens is 572 g/mol. The van der Waals surface area contributed by atoms with Gasteiger partial charge in [0.25, 0.3) is 0 Å². The molecule has 5 aliphatic rings. The van der Waals surface area contributed by atoms with Gasteiger partial charge >= 0.3 is 11.9 Å². The molecule has 0 bridgehead atoms. The van der Waals surface area contributed by atoms with Crippen LogP contribution in [0.3, 0.4) is 0 Å². The van der Waals surface area contributed by atoms with Crippen molar-refractivity contribution in [1.82, 2.24) is 0 Å². The lowest BCUT2D eigenvalue weighted by Gasteiger charge is -2.73. The van der Waals surface area contributed by atoms with Crippen molar-refractivity contribution in [3.8, 4) is 0 Å². The molecule has 4 fully saturated rings. The number of carbonyl (C=O) groups is 2. The summed E-state index contributed by atoms with van der Waals surface area (Å²) in [4.78, 5) is 25.7. The topological polar surface area (TPSA) is 134 Å². The highest BCUT2D eigenvalue weighted by Gasteiger charge is 2.76. The number of fused-ring (bicyclic) bond motifs is 7. The van der Waals surface area contributed by atoms with Crippen molar-refractivity contribution in [3.05, 3.63) is 11.6 Å². The van der Waals surface area contributed by atoms with Crippen LogP contribution in [0.15, 0.2) is 11.6 Å². The van der Waals surface area contributed by atoms with E-state index in [1.165, 1.54) is 6.92 Å². The number of hydrogen-bond donors (Lipinski definition) is 4. The fourth-order valence-electron chi connectivity index (χ4n) is 11.7. The highest BCUT2D eigenvalue weighted by atomic mass is 16.6. The van der Waals surface area contributed by atoms with Crippen LogP contribution in [0.1, 0.15) is 114 Å². The third-order valence-electron chi connectivity index (χ3n) is 15.0. The fraction of sp³-hybridized carbons (Fsp3) is 0.892. The molecule has 13 atom stereocenters. The van der Waals surface area contributed by atoms with Crippen molar-refractivity contribution in [2.45, 2.75) is 145 Å². The average molecular weight is 633 g/mol. The smallest absolute Gasteiger partial charge is 0.308 e. The Morgan fingerprint density at radius 3 is 2.18 bits per heavy atom. The molecule has 4 unspecified atom stereocenters. The molecule has 0 aromatic rings. The second-order valence-corrected chi connectivity index (χ2v) is 17.7. The van der Waals surface area contributed by atoms with Crippen LogP contribution in [0.25, 0.3) is 0 Å². The van der Waals surface area contributed by atoms with E-state index in [-0.39, 0.29) is 40.8 Å². The summed E-state index contributed by atoms with van der Waals surface area (Å²) in [6, 6.07) is 0. The molecule has 0 aliphatic heterocycles. The van der Waals surface area contributed by atoms with E-state index < -0.39 is 58.5 Å². The first-order chi connectivity index (χ1) is 20.7. The molecule has 5 rings (SSSR count). The molecule has 0 heterocycles. The molecule has 256 valence electrons. The lowest BCUT2D eigenvalue weighted by Crippen LogP contribution is -2.76. The minimum absolute atomic E-state index is 0.0614. The van der Waals surface area contributed by atoms with E-state index in [4.69, 9.17) is 9.47 Å². The summed E-state index contributed by atoms with van der Waals surface area (Å²) in [5, 5.41) is 47.9. The molecule has 0 aromatic carbocycles. The van der Waals surface area contributed by atoms with Crippen LogP contribution in [0.5, 0.6) is 0 Å². The van der Waals surface area contributed by atoms with Crippen LogP contribution in [0.2, 0.25) is 0 Å². The zero-order valence-corrected chi connectivity index (χ0v) is 29.4. The van der Waals surface area contributed by atoms with Gasteiger partial charge in [0.2, 0.25) is 0 Å². The Hall–Kier alpha value is -1.48. The number of carbonyl (C=O) groups excluding carboxylic acids is 2. The van der Waals surface area contributed by atoms with Gasteiger partial charge in [-0.3, -0.25) is 9.59 Å². The summed E-state index contributed by atoms with van der Waals surface area (Å²) in [6.45, 7) is 19.8. The summed E-state index contributed by atoms with van der Waals surface area (Å²) in [7, 11) is 0. The van der Waals surface area contributed by atoms with Gasteiger partial charge < -0.3 is 29.9 Å². The van der Waals surface area contributed by atoms with Crippen LogP contribution in [-0.4, -0.2) is 69.5 Å². The predicted octanol–water partition coefficient (Wildman–Crippen LogP) is 5.19. The van der Waals surface area contributed by atoms with E-state index in [9.17, 15) is 30.0 Å². The third kappa shape index (κ3) is 4.58. The van der Waals surface area contributed by atoms with E-state index in [1.54, 1.807) is 6.92 Å². The molecular formula is C37H60O8. The van der Waals surface area contributed by atoms with Gasteiger partial charge in [-0.1, -0.05) is 74.0 Å². The molecule has 4 N–H and O–H groups in total. The number of hydrogen-bond acceptors (Lipinski definition) is 8. The monoisotopic (exact) mass is 632 g/mol. The van der Waals surface area contributed by atoms with Crippen molar-refractivity contribution >= 4 is 11.9 Å². The minimum atomic E-state index is -1.43. The molecule has 4 saturated carbocycles. The quantitative estimate of drug-likeness (QED) is 0.240. The first-order valence-electron chi connectivity index (χ1n) is 17.4. The largest absolute Gasteiger partial charge is 0.465 e. The van der Waals surface area contributed by atoms with Crippen molar-refractivity contribution in [1.29, 1.82) is 0 Å². The zero-order valence-electron chi connectivity index (χ0n) is 29.4. The summed E-state index contributed by atoms with van der Waals surface area (Å²) < 4.78 is 11.9. The fourth-order valence-corrected chi connectivity index (χ4v) is 11.7. The van der Waals surface area contributed by atoms with Crippen LogP contribution in [0.4, 0.5) is 0 Å². The summed E-state index contributed by atoms with van der Waals surface area (Å²) in [5.74, 6) is -1.26. The molecule has 0 aromatic heterocycles. The van der Waals surface area contributed by atoms with Crippen molar-refractivity contribution in [2.24, 2.45) is 56.2 Å². The van der Waals surface area contributed by atoms with E-state index >= 15 is 0 Å². The van der Waals surface area contributed by atoms with Crippen molar-refractivity contribution < 1.29 is 39.5 Å². The number of allylic oxidation sites excluding steroid dienone is 1. The van der Waals surface area contributed by atoms with Gasteiger partial charge in [0, 0.05) is 12.3 Å². The van der Waals surface area contributed by atoms with Gasteiger partial charge in [-0.05, 0) is 84.4 Å². The first kappa shape index (κ1) is 34.8. The van der Waals surface area contributed by atoms with Crippen molar-refractivity contribution in [2.75, 3.05) is 6.61 Å². The van der Waals surface area contributed by atoms with Gasteiger partial charge in [0.05, 0.1) is 35.7 Å². The number of aliphatic hydroxyl groups is 4. The molecule has 8 nitrogen and oxygen atoms in total. The normalized spacial score (nSPS) is 48.8. The predicted molar refractivity (Wildman–Crippen MR) is 171 cm³/mol. The van der Waals surface area contributed by atoms with Crippen LogP contribution < -0.4 is 0 Å². The molecule has 5 aliphatic carbocycles. The maximum Gasteiger partial charge on any atom is 0.308 e. The highest BCUT2D eigenvalue weighted by Crippen LogP contribution is 2.75. The molecule has 45 heavy (non-hydrogen) atoms. The van der Waals surface area contributed by atoms with E-state index in [2.05, 4.69) is 40.7 Å². The Morgan fingerprint density at radius 1 is 0.933 bits per heavy atom.